The SMILES string of the molecule is CCCCC(O)CC1(C(=O)O)CCCC1. The van der Waals surface area contributed by atoms with E-state index in [9.17, 15) is 15.0 Å². The first-order valence-electron chi connectivity index (χ1n) is 6.02. The van der Waals surface area contributed by atoms with Gasteiger partial charge in [-0.1, -0.05) is 32.6 Å². The highest BCUT2D eigenvalue weighted by molar-refractivity contribution is 5.75. The lowest BCUT2D eigenvalue weighted by atomic mass is 9.80. The Bertz CT molecular complexity index is 207. The van der Waals surface area contributed by atoms with Gasteiger partial charge in [-0.3, -0.25) is 4.79 Å². The largest absolute Gasteiger partial charge is 0.481 e. The van der Waals surface area contributed by atoms with Crippen molar-refractivity contribution < 1.29 is 15.0 Å². The molecule has 0 radical (unpaired) electrons. The normalized spacial score (nSPS) is 21.5. The molecule has 1 aliphatic rings. The van der Waals surface area contributed by atoms with Gasteiger partial charge in [0.05, 0.1) is 11.5 Å². The molecule has 0 aromatic heterocycles. The summed E-state index contributed by atoms with van der Waals surface area (Å²) in [6.45, 7) is 2.08. The van der Waals surface area contributed by atoms with Crippen LogP contribution in [0.25, 0.3) is 0 Å². The second-order valence-electron chi connectivity index (χ2n) is 4.79. The zero-order chi connectivity index (χ0) is 11.3. The maximum Gasteiger partial charge on any atom is 0.309 e. The molecule has 0 spiro atoms. The van der Waals surface area contributed by atoms with E-state index in [-0.39, 0.29) is 0 Å². The van der Waals surface area contributed by atoms with Gasteiger partial charge in [0.2, 0.25) is 0 Å². The zero-order valence-corrected chi connectivity index (χ0v) is 9.54. The summed E-state index contributed by atoms with van der Waals surface area (Å²) in [6.07, 6.45) is 6.26. The summed E-state index contributed by atoms with van der Waals surface area (Å²) in [6, 6.07) is 0. The first-order valence-corrected chi connectivity index (χ1v) is 6.02. The topological polar surface area (TPSA) is 57.5 Å². The lowest BCUT2D eigenvalue weighted by Gasteiger charge is -2.26. The predicted molar refractivity (Wildman–Crippen MR) is 58.7 cm³/mol. The molecule has 0 heterocycles. The summed E-state index contributed by atoms with van der Waals surface area (Å²) < 4.78 is 0. The fourth-order valence-corrected chi connectivity index (χ4v) is 2.55. The number of hydrogen-bond acceptors (Lipinski definition) is 2. The van der Waals surface area contributed by atoms with Crippen molar-refractivity contribution in [3.63, 3.8) is 0 Å². The molecule has 1 rings (SSSR count). The first kappa shape index (κ1) is 12.5. The average Bonchev–Trinajstić information content (AvgIpc) is 2.64. The standard InChI is InChI=1S/C12H22O3/c1-2-3-6-10(13)9-12(11(14)15)7-4-5-8-12/h10,13H,2-9H2,1H3,(H,14,15). The molecule has 0 amide bonds. The third-order valence-electron chi connectivity index (χ3n) is 3.53. The van der Waals surface area contributed by atoms with Crippen LogP contribution in [-0.4, -0.2) is 22.3 Å². The summed E-state index contributed by atoms with van der Waals surface area (Å²) >= 11 is 0. The molecule has 2 N–H and O–H groups in total. The van der Waals surface area contributed by atoms with Crippen molar-refractivity contribution in [2.24, 2.45) is 5.41 Å². The van der Waals surface area contributed by atoms with Crippen LogP contribution in [0.3, 0.4) is 0 Å². The van der Waals surface area contributed by atoms with Crippen molar-refractivity contribution in [1.82, 2.24) is 0 Å². The Morgan fingerprint density at radius 3 is 2.47 bits per heavy atom. The second-order valence-corrected chi connectivity index (χ2v) is 4.79. The summed E-state index contributed by atoms with van der Waals surface area (Å²) in [5.41, 5.74) is -0.618. The molecule has 0 aromatic carbocycles. The fourth-order valence-electron chi connectivity index (χ4n) is 2.55. The van der Waals surface area contributed by atoms with Gasteiger partial charge >= 0.3 is 5.97 Å². The number of aliphatic hydroxyl groups excluding tert-OH is 1. The van der Waals surface area contributed by atoms with E-state index in [2.05, 4.69) is 6.92 Å². The fraction of sp³-hybridized carbons (Fsp3) is 0.917. The van der Waals surface area contributed by atoms with E-state index in [1.165, 1.54) is 0 Å². The van der Waals surface area contributed by atoms with E-state index in [1.807, 2.05) is 0 Å². The van der Waals surface area contributed by atoms with Gasteiger partial charge < -0.3 is 10.2 Å². The number of rotatable bonds is 6. The van der Waals surface area contributed by atoms with Crippen LogP contribution in [0.15, 0.2) is 0 Å². The van der Waals surface area contributed by atoms with Crippen molar-refractivity contribution in [2.45, 2.75) is 64.4 Å². The van der Waals surface area contributed by atoms with E-state index in [4.69, 9.17) is 0 Å². The molecule has 1 atom stereocenters. The number of hydrogen-bond donors (Lipinski definition) is 2. The maximum absolute atomic E-state index is 11.2. The minimum absolute atomic E-state index is 0.431. The minimum Gasteiger partial charge on any atom is -0.481 e. The monoisotopic (exact) mass is 214 g/mol. The molecule has 0 aromatic rings. The molecule has 1 saturated carbocycles. The minimum atomic E-state index is -0.712. The molecule has 0 bridgehead atoms. The Morgan fingerprint density at radius 2 is 2.00 bits per heavy atom. The summed E-state index contributed by atoms with van der Waals surface area (Å²) in [7, 11) is 0. The van der Waals surface area contributed by atoms with E-state index in [0.29, 0.717) is 6.42 Å². The Hall–Kier alpha value is -0.570. The van der Waals surface area contributed by atoms with Gasteiger partial charge in [-0.25, -0.2) is 0 Å². The van der Waals surface area contributed by atoms with E-state index in [1.54, 1.807) is 0 Å². The molecule has 0 aliphatic heterocycles. The predicted octanol–water partition coefficient (Wildman–Crippen LogP) is 2.57. The van der Waals surface area contributed by atoms with Crippen LogP contribution in [0.1, 0.15) is 58.3 Å². The van der Waals surface area contributed by atoms with Crippen LogP contribution >= 0.6 is 0 Å². The molecule has 1 fully saturated rings. The van der Waals surface area contributed by atoms with E-state index >= 15 is 0 Å². The molecule has 0 saturated heterocycles. The Balaban J connectivity index is 2.48. The number of carbonyl (C=O) groups is 1. The molecular weight excluding hydrogens is 192 g/mol. The first-order chi connectivity index (χ1) is 7.10. The molecular formula is C12H22O3. The molecule has 88 valence electrons. The molecule has 1 unspecified atom stereocenters. The van der Waals surface area contributed by atoms with E-state index < -0.39 is 17.5 Å². The van der Waals surface area contributed by atoms with Crippen molar-refractivity contribution in [1.29, 1.82) is 0 Å². The summed E-state index contributed by atoms with van der Waals surface area (Å²) in [5.74, 6) is -0.712. The second kappa shape index (κ2) is 5.50. The maximum atomic E-state index is 11.2. The molecule has 3 heteroatoms. The Labute approximate surface area is 91.5 Å². The zero-order valence-electron chi connectivity index (χ0n) is 9.54. The highest BCUT2D eigenvalue weighted by Crippen LogP contribution is 2.42. The summed E-state index contributed by atoms with van der Waals surface area (Å²) in [5, 5.41) is 19.0. The smallest absolute Gasteiger partial charge is 0.309 e. The molecule has 3 nitrogen and oxygen atoms in total. The van der Waals surface area contributed by atoms with Gasteiger partial charge in [-0.2, -0.15) is 0 Å². The lowest BCUT2D eigenvalue weighted by Crippen LogP contribution is -2.32. The number of unbranched alkanes of at least 4 members (excludes halogenated alkanes) is 1. The van der Waals surface area contributed by atoms with Crippen LogP contribution in [0, 0.1) is 5.41 Å². The average molecular weight is 214 g/mol. The number of carboxylic acids is 1. The number of aliphatic hydroxyl groups is 1. The van der Waals surface area contributed by atoms with Crippen LogP contribution in [0.5, 0.6) is 0 Å². The van der Waals surface area contributed by atoms with Crippen molar-refractivity contribution in [3.05, 3.63) is 0 Å². The van der Waals surface area contributed by atoms with Crippen LogP contribution in [0.2, 0.25) is 0 Å². The lowest BCUT2D eigenvalue weighted by molar-refractivity contribution is -0.150. The van der Waals surface area contributed by atoms with Crippen LogP contribution in [-0.2, 0) is 4.79 Å². The Kier molecular flexibility index (Phi) is 4.58. The highest BCUT2D eigenvalue weighted by atomic mass is 16.4. The van der Waals surface area contributed by atoms with Crippen LogP contribution in [0.4, 0.5) is 0 Å². The van der Waals surface area contributed by atoms with Gasteiger partial charge in [-0.15, -0.1) is 0 Å². The van der Waals surface area contributed by atoms with Gasteiger partial charge in [-0.05, 0) is 25.7 Å². The van der Waals surface area contributed by atoms with Gasteiger partial charge in [0, 0.05) is 0 Å². The van der Waals surface area contributed by atoms with Crippen molar-refractivity contribution >= 4 is 5.97 Å². The number of aliphatic carboxylic acids is 1. The third-order valence-corrected chi connectivity index (χ3v) is 3.53. The highest BCUT2D eigenvalue weighted by Gasteiger charge is 2.42. The van der Waals surface area contributed by atoms with Gasteiger partial charge in [0.15, 0.2) is 0 Å². The Morgan fingerprint density at radius 1 is 1.40 bits per heavy atom. The van der Waals surface area contributed by atoms with Gasteiger partial charge in [0.1, 0.15) is 0 Å². The van der Waals surface area contributed by atoms with Gasteiger partial charge in [0.25, 0.3) is 0 Å². The third kappa shape index (κ3) is 3.20. The quantitative estimate of drug-likeness (QED) is 0.714. The molecule has 15 heavy (non-hydrogen) atoms. The summed E-state index contributed by atoms with van der Waals surface area (Å²) in [4.78, 5) is 11.2. The molecule has 1 aliphatic carbocycles. The number of carboxylic acid groups (broad SMARTS) is 1. The van der Waals surface area contributed by atoms with E-state index in [0.717, 1.165) is 44.9 Å². The van der Waals surface area contributed by atoms with Crippen molar-refractivity contribution in [3.8, 4) is 0 Å². The van der Waals surface area contributed by atoms with Crippen LogP contribution < -0.4 is 0 Å². The van der Waals surface area contributed by atoms with Crippen molar-refractivity contribution in [2.75, 3.05) is 0 Å².